The molecule has 0 radical (unpaired) electrons. The van der Waals surface area contributed by atoms with E-state index in [9.17, 15) is 9.65 Å². The monoisotopic (exact) mass is 643 g/mol. The normalized spacial score (nSPS) is 17.9. The van der Waals surface area contributed by atoms with Gasteiger partial charge < -0.3 is 25.8 Å². The second kappa shape index (κ2) is 11.5. The third-order valence-electron chi connectivity index (χ3n) is 8.94. The Kier molecular flexibility index (Phi) is 7.45. The minimum atomic E-state index is -0.793. The van der Waals surface area contributed by atoms with Gasteiger partial charge in [0.2, 0.25) is 5.88 Å². The first kappa shape index (κ1) is 29.8. The number of nitriles is 1. The number of nitrogens with two attached hydrogens (primary N) is 2. The molecule has 4 aromatic heterocycles. The molecule has 2 aliphatic heterocycles. The van der Waals surface area contributed by atoms with E-state index >= 15 is 4.39 Å². The number of fused-ring (bicyclic) bond motifs is 1. The van der Waals surface area contributed by atoms with Crippen molar-refractivity contribution in [3.63, 3.8) is 0 Å². The van der Waals surface area contributed by atoms with E-state index in [4.69, 9.17) is 25.9 Å². The van der Waals surface area contributed by atoms with E-state index in [1.54, 1.807) is 12.3 Å². The number of aromatic nitrogens is 4. The summed E-state index contributed by atoms with van der Waals surface area (Å²) in [6.45, 7) is 5.41. The Morgan fingerprint density at radius 3 is 2.70 bits per heavy atom. The van der Waals surface area contributed by atoms with Gasteiger partial charge in [-0.1, -0.05) is 6.07 Å². The lowest BCUT2D eigenvalue weighted by molar-refractivity contribution is 0.112. The number of pyridine rings is 2. The molecule has 236 valence electrons. The molecule has 0 spiro atoms. The highest BCUT2D eigenvalue weighted by atomic mass is 32.1. The van der Waals surface area contributed by atoms with Gasteiger partial charge in [-0.25, -0.2) is 18.7 Å². The van der Waals surface area contributed by atoms with Crippen LogP contribution in [0.15, 0.2) is 30.5 Å². The molecule has 0 amide bonds. The fraction of sp³-hybridized carbons (Fsp3) is 0.344. The molecule has 0 bridgehead atoms. The van der Waals surface area contributed by atoms with Gasteiger partial charge in [-0.2, -0.15) is 15.2 Å². The van der Waals surface area contributed by atoms with Gasteiger partial charge in [-0.3, -0.25) is 4.90 Å². The fourth-order valence-electron chi connectivity index (χ4n) is 6.59. The van der Waals surface area contributed by atoms with E-state index < -0.39 is 11.6 Å². The van der Waals surface area contributed by atoms with Crippen molar-refractivity contribution in [3.8, 4) is 29.2 Å². The molecule has 7 rings (SSSR count). The number of ether oxygens (including phenoxy) is 2. The molecule has 1 saturated heterocycles. The van der Waals surface area contributed by atoms with Gasteiger partial charge in [0.15, 0.2) is 5.82 Å². The van der Waals surface area contributed by atoms with Crippen LogP contribution >= 0.6 is 11.3 Å². The first-order valence-corrected chi connectivity index (χ1v) is 15.8. The lowest BCUT2D eigenvalue weighted by Gasteiger charge is -2.31. The molecule has 14 heteroatoms. The maximum absolute atomic E-state index is 16.9. The summed E-state index contributed by atoms with van der Waals surface area (Å²) in [7, 11) is 2.05. The minimum Gasteiger partial charge on any atom is -0.475 e. The van der Waals surface area contributed by atoms with Crippen LogP contribution < -0.4 is 25.8 Å². The zero-order valence-electron chi connectivity index (χ0n) is 25.4. The van der Waals surface area contributed by atoms with Crippen molar-refractivity contribution in [1.29, 1.82) is 5.26 Å². The number of nitrogens with zero attached hydrogens (tertiary/aromatic N) is 7. The Morgan fingerprint density at radius 2 is 1.96 bits per heavy atom. The molecule has 6 heterocycles. The topological polar surface area (TPSA) is 152 Å². The Labute approximate surface area is 267 Å². The van der Waals surface area contributed by atoms with Gasteiger partial charge in [-0.15, -0.1) is 11.3 Å². The molecule has 46 heavy (non-hydrogen) atoms. The summed E-state index contributed by atoms with van der Waals surface area (Å²) in [5, 5.41) is 10.4. The average Bonchev–Trinajstić information content (AvgIpc) is 3.57. The molecule has 0 aliphatic carbocycles. The smallest absolute Gasteiger partial charge is 0.319 e. The number of halogens is 2. The summed E-state index contributed by atoms with van der Waals surface area (Å²) in [4.78, 5) is 22.5. The summed E-state index contributed by atoms with van der Waals surface area (Å²) in [5.74, 6) is -0.528. The maximum Gasteiger partial charge on any atom is 0.319 e. The molecule has 3 atom stereocenters. The maximum atomic E-state index is 16.9. The predicted molar refractivity (Wildman–Crippen MR) is 173 cm³/mol. The summed E-state index contributed by atoms with van der Waals surface area (Å²) in [6.07, 6.45) is 3.33. The summed E-state index contributed by atoms with van der Waals surface area (Å²) >= 11 is 0.926. The Morgan fingerprint density at radius 1 is 1.13 bits per heavy atom. The lowest BCUT2D eigenvalue weighted by Crippen LogP contribution is -2.38. The third-order valence-corrected chi connectivity index (χ3v) is 9.97. The molecule has 0 saturated carbocycles. The number of benzene rings is 1. The molecule has 1 aromatic carbocycles. The van der Waals surface area contributed by atoms with Crippen LogP contribution in [0.2, 0.25) is 0 Å². The second-order valence-corrected chi connectivity index (χ2v) is 12.6. The number of likely N-dealkylation sites (tertiary alicyclic amines) is 1. The molecule has 1 unspecified atom stereocenters. The van der Waals surface area contributed by atoms with Crippen molar-refractivity contribution >= 4 is 49.0 Å². The van der Waals surface area contributed by atoms with E-state index in [1.165, 1.54) is 12.1 Å². The van der Waals surface area contributed by atoms with E-state index in [-0.39, 0.29) is 79.5 Å². The highest BCUT2D eigenvalue weighted by molar-refractivity contribution is 7.23. The first-order valence-electron chi connectivity index (χ1n) is 15.0. The molecular formula is C32H31F2N9O2S. The number of hydrogen-bond acceptors (Lipinski definition) is 12. The molecule has 11 nitrogen and oxygen atoms in total. The second-order valence-electron chi connectivity index (χ2n) is 11.6. The standard InChI is InChI=1S/C32H31F2N9O2S/c1-15(17-6-4-10-38-28(17)36)43-12-13-44-31-23-26(40-32(41-30(23)43)45-16(2)21-7-5-11-42(21)3)24(34)25(39-31)18-8-9-20(33)27-22(18)19(14-35)29(37)46-27/h4,6,8-10,15-16,21H,5,7,11-13,37H2,1-3H3,(H2,36,38)/t15-,16+,21?/m1/s1. The van der Waals surface area contributed by atoms with Gasteiger partial charge in [0.05, 0.1) is 22.8 Å². The number of thiophene rings is 1. The van der Waals surface area contributed by atoms with Crippen LogP contribution in [0.4, 0.5) is 25.4 Å². The van der Waals surface area contributed by atoms with Crippen molar-refractivity contribution in [2.75, 3.05) is 43.1 Å². The van der Waals surface area contributed by atoms with Crippen molar-refractivity contribution in [1.82, 2.24) is 24.8 Å². The van der Waals surface area contributed by atoms with E-state index in [2.05, 4.69) is 19.9 Å². The van der Waals surface area contributed by atoms with Crippen molar-refractivity contribution in [2.45, 2.75) is 44.9 Å². The zero-order valence-corrected chi connectivity index (χ0v) is 26.2. The van der Waals surface area contributed by atoms with E-state index in [0.717, 1.165) is 36.3 Å². The predicted octanol–water partition coefficient (Wildman–Crippen LogP) is 5.44. The van der Waals surface area contributed by atoms with Crippen molar-refractivity contribution < 1.29 is 18.3 Å². The largest absolute Gasteiger partial charge is 0.475 e. The highest BCUT2D eigenvalue weighted by Gasteiger charge is 2.34. The molecule has 1 fully saturated rings. The van der Waals surface area contributed by atoms with Gasteiger partial charge in [-0.05, 0) is 58.5 Å². The fourth-order valence-corrected chi connectivity index (χ4v) is 7.54. The molecule has 4 N–H and O–H groups in total. The van der Waals surface area contributed by atoms with Crippen LogP contribution in [-0.4, -0.2) is 63.7 Å². The first-order chi connectivity index (χ1) is 22.2. The SMILES string of the molecule is C[C@H](Oc1nc2c3c(nc(-c4ccc(F)c5sc(N)c(C#N)c45)c(F)c3n1)OCCN2[C@H](C)c1cccnc1N)C1CCCN1C. The van der Waals surface area contributed by atoms with Crippen molar-refractivity contribution in [2.24, 2.45) is 0 Å². The van der Waals surface area contributed by atoms with Crippen molar-refractivity contribution in [3.05, 3.63) is 53.2 Å². The number of rotatable bonds is 6. The average molecular weight is 644 g/mol. The molecule has 5 aromatic rings. The van der Waals surface area contributed by atoms with E-state index in [1.807, 2.05) is 37.9 Å². The highest BCUT2D eigenvalue weighted by Crippen LogP contribution is 2.45. The number of likely N-dealkylation sites (N-methyl/N-ethyl adjacent to an activating group) is 1. The lowest BCUT2D eigenvalue weighted by atomic mass is 10.0. The van der Waals surface area contributed by atoms with Crippen LogP contribution in [0, 0.1) is 23.0 Å². The summed E-state index contributed by atoms with van der Waals surface area (Å²) < 4.78 is 44.5. The third kappa shape index (κ3) is 4.78. The Bertz CT molecular complexity index is 2050. The van der Waals surface area contributed by atoms with E-state index in [0.29, 0.717) is 18.2 Å². The number of nitrogen functional groups attached to an aromatic ring is 2. The van der Waals surface area contributed by atoms with Gasteiger partial charge in [0.25, 0.3) is 0 Å². The van der Waals surface area contributed by atoms with Crippen LogP contribution in [0.3, 0.4) is 0 Å². The van der Waals surface area contributed by atoms with Crippen LogP contribution in [0.1, 0.15) is 43.9 Å². The van der Waals surface area contributed by atoms with Gasteiger partial charge in [0, 0.05) is 28.8 Å². The van der Waals surface area contributed by atoms with Gasteiger partial charge in [0.1, 0.15) is 57.8 Å². The Balaban J connectivity index is 1.47. The molecule has 2 aliphatic rings. The van der Waals surface area contributed by atoms with Gasteiger partial charge >= 0.3 is 6.01 Å². The number of anilines is 3. The summed E-state index contributed by atoms with van der Waals surface area (Å²) in [6, 6.07) is 8.13. The summed E-state index contributed by atoms with van der Waals surface area (Å²) in [5.41, 5.74) is 13.1. The Hall–Kier alpha value is -4.87. The van der Waals surface area contributed by atoms with Crippen LogP contribution in [0.25, 0.3) is 32.2 Å². The van der Waals surface area contributed by atoms with Crippen LogP contribution in [-0.2, 0) is 0 Å². The van der Waals surface area contributed by atoms with Crippen LogP contribution in [0.5, 0.6) is 11.9 Å². The quantitative estimate of drug-likeness (QED) is 0.243. The zero-order chi connectivity index (χ0) is 32.3. The minimum absolute atomic E-state index is 0.00250. The molecular weight excluding hydrogens is 612 g/mol. The number of hydrogen-bond donors (Lipinski definition) is 2.